The van der Waals surface area contributed by atoms with Gasteiger partial charge in [-0.05, 0) is 41.1 Å². The smallest absolute Gasteiger partial charge is 0.317 e. The minimum Gasteiger partial charge on any atom is -0.508 e. The maximum Gasteiger partial charge on any atom is 0.317 e. The fraction of sp³-hybridized carbons (Fsp3) is 0.450. The number of nitrogens with zero attached hydrogens (tertiary/aromatic N) is 2. The number of thiophene rings is 1. The Labute approximate surface area is 163 Å². The molecule has 7 heteroatoms. The molecule has 4 rings (SSSR count). The molecule has 1 unspecified atom stereocenters. The summed E-state index contributed by atoms with van der Waals surface area (Å²) in [6.45, 7) is 5.13. The number of benzene rings is 1. The molecule has 0 bridgehead atoms. The fourth-order valence-electron chi connectivity index (χ4n) is 3.69. The third-order valence-electron chi connectivity index (χ3n) is 5.19. The van der Waals surface area contributed by atoms with Gasteiger partial charge in [-0.15, -0.1) is 11.3 Å². The van der Waals surface area contributed by atoms with Crippen LogP contribution in [0.1, 0.15) is 22.1 Å². The molecule has 144 valence electrons. The van der Waals surface area contributed by atoms with Crippen LogP contribution >= 0.6 is 11.3 Å². The Morgan fingerprint density at radius 1 is 1.33 bits per heavy atom. The van der Waals surface area contributed by atoms with Crippen LogP contribution in [-0.4, -0.2) is 60.3 Å². The molecular weight excluding hydrogens is 362 g/mol. The summed E-state index contributed by atoms with van der Waals surface area (Å²) in [4.78, 5) is 18.2. The summed E-state index contributed by atoms with van der Waals surface area (Å²) in [7, 11) is 0. The van der Waals surface area contributed by atoms with Gasteiger partial charge in [0.05, 0.1) is 13.2 Å². The van der Waals surface area contributed by atoms with Crippen LogP contribution < -0.4 is 5.32 Å². The Hall–Kier alpha value is -2.09. The summed E-state index contributed by atoms with van der Waals surface area (Å²) in [6, 6.07) is 9.21. The Bertz CT molecular complexity index is 794. The number of rotatable bonds is 4. The molecule has 3 heterocycles. The van der Waals surface area contributed by atoms with E-state index in [1.54, 1.807) is 23.1 Å². The molecule has 0 radical (unpaired) electrons. The minimum atomic E-state index is -0.198. The van der Waals surface area contributed by atoms with Crippen molar-refractivity contribution in [1.29, 1.82) is 0 Å². The number of phenols is 1. The maximum atomic E-state index is 12.5. The van der Waals surface area contributed by atoms with Crippen molar-refractivity contribution in [3.63, 3.8) is 0 Å². The molecule has 2 aromatic rings. The van der Waals surface area contributed by atoms with E-state index in [-0.39, 0.29) is 17.9 Å². The van der Waals surface area contributed by atoms with Crippen LogP contribution in [0.2, 0.25) is 0 Å². The lowest BCUT2D eigenvalue weighted by Crippen LogP contribution is -2.48. The molecule has 1 aromatic heterocycles. The lowest BCUT2D eigenvalue weighted by atomic mass is 10.1. The minimum absolute atomic E-state index is 0.0447. The monoisotopic (exact) mass is 387 g/mol. The van der Waals surface area contributed by atoms with E-state index in [1.165, 1.54) is 10.4 Å². The summed E-state index contributed by atoms with van der Waals surface area (Å²) >= 11 is 1.84. The predicted molar refractivity (Wildman–Crippen MR) is 105 cm³/mol. The van der Waals surface area contributed by atoms with Crippen LogP contribution in [0.4, 0.5) is 4.79 Å². The molecule has 1 fully saturated rings. The van der Waals surface area contributed by atoms with Crippen LogP contribution in [-0.2, 0) is 17.7 Å². The first-order valence-corrected chi connectivity index (χ1v) is 10.3. The Kier molecular flexibility index (Phi) is 5.61. The molecule has 0 spiro atoms. The quantitative estimate of drug-likeness (QED) is 0.846. The second-order valence-corrected chi connectivity index (χ2v) is 8.03. The Balaban J connectivity index is 1.25. The van der Waals surface area contributed by atoms with Gasteiger partial charge >= 0.3 is 6.03 Å². The SMILES string of the molecule is O=C(NCCN1CCc2sccc2C1)N1CCOC(c2cccc(O)c2)C1. The van der Waals surface area contributed by atoms with Crippen LogP contribution in [0, 0.1) is 0 Å². The van der Waals surface area contributed by atoms with Gasteiger partial charge in [-0.3, -0.25) is 4.90 Å². The van der Waals surface area contributed by atoms with Crippen molar-refractivity contribution in [2.75, 3.05) is 39.3 Å². The predicted octanol–water partition coefficient (Wildman–Crippen LogP) is 2.59. The number of carbonyl (C=O) groups is 1. The number of ether oxygens (including phenoxy) is 1. The van der Waals surface area contributed by atoms with Crippen molar-refractivity contribution in [2.45, 2.75) is 19.1 Å². The van der Waals surface area contributed by atoms with Crippen molar-refractivity contribution < 1.29 is 14.6 Å². The van der Waals surface area contributed by atoms with Gasteiger partial charge in [0.15, 0.2) is 0 Å². The summed E-state index contributed by atoms with van der Waals surface area (Å²) in [5.74, 6) is 0.216. The van der Waals surface area contributed by atoms with Gasteiger partial charge in [0, 0.05) is 37.6 Å². The summed E-state index contributed by atoms with van der Waals surface area (Å²) in [5, 5.41) is 14.9. The van der Waals surface area contributed by atoms with Crippen molar-refractivity contribution >= 4 is 17.4 Å². The van der Waals surface area contributed by atoms with Gasteiger partial charge in [-0.1, -0.05) is 12.1 Å². The second kappa shape index (κ2) is 8.29. The average molecular weight is 388 g/mol. The first-order chi connectivity index (χ1) is 13.2. The number of aromatic hydroxyl groups is 1. The first kappa shape index (κ1) is 18.3. The van der Waals surface area contributed by atoms with E-state index < -0.39 is 0 Å². The van der Waals surface area contributed by atoms with E-state index in [4.69, 9.17) is 4.74 Å². The molecule has 6 nitrogen and oxygen atoms in total. The maximum absolute atomic E-state index is 12.5. The van der Waals surface area contributed by atoms with Crippen molar-refractivity contribution in [3.05, 3.63) is 51.7 Å². The molecule has 1 atom stereocenters. The topological polar surface area (TPSA) is 65.0 Å². The largest absolute Gasteiger partial charge is 0.508 e. The van der Waals surface area contributed by atoms with E-state index in [0.717, 1.165) is 31.6 Å². The van der Waals surface area contributed by atoms with Crippen LogP contribution in [0.5, 0.6) is 5.75 Å². The van der Waals surface area contributed by atoms with Crippen LogP contribution in [0.15, 0.2) is 35.7 Å². The number of urea groups is 1. The highest BCUT2D eigenvalue weighted by molar-refractivity contribution is 7.10. The molecular formula is C20H25N3O3S. The van der Waals surface area contributed by atoms with Gasteiger partial charge in [-0.25, -0.2) is 4.79 Å². The molecule has 2 amide bonds. The Morgan fingerprint density at radius 3 is 3.15 bits per heavy atom. The fourth-order valence-corrected chi connectivity index (χ4v) is 4.58. The lowest BCUT2D eigenvalue weighted by molar-refractivity contribution is -0.0155. The zero-order valence-corrected chi connectivity index (χ0v) is 16.1. The van der Waals surface area contributed by atoms with Gasteiger partial charge in [-0.2, -0.15) is 0 Å². The highest BCUT2D eigenvalue weighted by Crippen LogP contribution is 2.25. The summed E-state index contributed by atoms with van der Waals surface area (Å²) in [6.07, 6.45) is 0.909. The molecule has 27 heavy (non-hydrogen) atoms. The van der Waals surface area contributed by atoms with Crippen molar-refractivity contribution in [1.82, 2.24) is 15.1 Å². The number of morpholine rings is 1. The zero-order valence-electron chi connectivity index (χ0n) is 15.3. The number of hydrogen-bond acceptors (Lipinski definition) is 5. The second-order valence-electron chi connectivity index (χ2n) is 7.03. The zero-order chi connectivity index (χ0) is 18.6. The molecule has 1 aromatic carbocycles. The summed E-state index contributed by atoms with van der Waals surface area (Å²) < 4.78 is 5.78. The first-order valence-electron chi connectivity index (χ1n) is 9.40. The van der Waals surface area contributed by atoms with Crippen LogP contribution in [0.3, 0.4) is 0 Å². The van der Waals surface area contributed by atoms with Gasteiger partial charge < -0.3 is 20.1 Å². The van der Waals surface area contributed by atoms with Crippen molar-refractivity contribution in [2.24, 2.45) is 0 Å². The van der Waals surface area contributed by atoms with Crippen LogP contribution in [0.25, 0.3) is 0 Å². The Morgan fingerprint density at radius 2 is 2.26 bits per heavy atom. The highest BCUT2D eigenvalue weighted by Gasteiger charge is 2.25. The van der Waals surface area contributed by atoms with E-state index in [1.807, 2.05) is 17.4 Å². The molecule has 2 aliphatic heterocycles. The van der Waals surface area contributed by atoms with Gasteiger partial charge in [0.2, 0.25) is 0 Å². The lowest BCUT2D eigenvalue weighted by Gasteiger charge is -2.33. The van der Waals surface area contributed by atoms with E-state index >= 15 is 0 Å². The molecule has 0 aliphatic carbocycles. The number of amides is 2. The highest BCUT2D eigenvalue weighted by atomic mass is 32.1. The summed E-state index contributed by atoms with van der Waals surface area (Å²) in [5.41, 5.74) is 2.33. The number of hydrogen-bond donors (Lipinski definition) is 2. The number of nitrogens with one attached hydrogen (secondary N) is 1. The normalized spacial score (nSPS) is 20.3. The third kappa shape index (κ3) is 4.43. The standard InChI is InChI=1S/C20H25N3O3S/c24-17-3-1-2-15(12-17)18-14-23(9-10-26-18)20(25)21-6-8-22-7-4-19-16(13-22)5-11-27-19/h1-3,5,11-12,18,24H,4,6-10,13-14H2,(H,21,25). The molecule has 2 aliphatic rings. The van der Waals surface area contributed by atoms with E-state index in [0.29, 0.717) is 26.2 Å². The van der Waals surface area contributed by atoms with E-state index in [9.17, 15) is 9.90 Å². The van der Waals surface area contributed by atoms with Gasteiger partial charge in [0.25, 0.3) is 0 Å². The number of phenolic OH excluding ortho intramolecular Hbond substituents is 1. The van der Waals surface area contributed by atoms with Crippen molar-refractivity contribution in [3.8, 4) is 5.75 Å². The number of carbonyl (C=O) groups excluding carboxylic acids is 1. The van der Waals surface area contributed by atoms with E-state index in [2.05, 4.69) is 21.7 Å². The molecule has 1 saturated heterocycles. The van der Waals surface area contributed by atoms with Gasteiger partial charge in [0.1, 0.15) is 11.9 Å². The average Bonchev–Trinajstić information content (AvgIpc) is 3.16. The molecule has 0 saturated carbocycles. The number of fused-ring (bicyclic) bond motifs is 1. The molecule has 2 N–H and O–H groups in total. The third-order valence-corrected chi connectivity index (χ3v) is 6.21.